The number of hydrogen-bond acceptors (Lipinski definition) is 3. The number of hydrogen-bond donors (Lipinski definition) is 1. The molecule has 0 aromatic heterocycles. The molecule has 1 saturated heterocycles. The molecule has 0 saturated carbocycles. The fraction of sp³-hybridized carbons (Fsp3) is 0.500. The lowest BCUT2D eigenvalue weighted by molar-refractivity contribution is 0.286. The van der Waals surface area contributed by atoms with Crippen LogP contribution in [-0.2, 0) is 21.0 Å². The first-order valence-corrected chi connectivity index (χ1v) is 9.85. The largest absolute Gasteiger partial charge is 0.417 e. The van der Waals surface area contributed by atoms with Crippen molar-refractivity contribution in [3.63, 3.8) is 0 Å². The zero-order valence-electron chi connectivity index (χ0n) is 10.4. The molecule has 1 heterocycles. The Morgan fingerprint density at radius 2 is 2.16 bits per heavy atom. The standard InChI is InChI=1S/C12H16ClO4SSi/c13-11-5-3-4-10(12(11)18(14,15)16)6-9-19-8-2-1-7-17-19/h3-5H,1-2,6-9H2,(H,14,15,16). The molecule has 0 atom stereocenters. The number of aryl methyl sites for hydroxylation is 1. The first kappa shape index (κ1) is 15.0. The van der Waals surface area contributed by atoms with Gasteiger partial charge in [-0.15, -0.1) is 0 Å². The van der Waals surface area contributed by atoms with Crippen molar-refractivity contribution >= 4 is 30.8 Å². The minimum Gasteiger partial charge on any atom is -0.417 e. The summed E-state index contributed by atoms with van der Waals surface area (Å²) in [4.78, 5) is -0.157. The van der Waals surface area contributed by atoms with Crippen molar-refractivity contribution in [3.8, 4) is 0 Å². The fourth-order valence-electron chi connectivity index (χ4n) is 2.22. The molecule has 105 valence electrons. The maximum absolute atomic E-state index is 11.4. The average molecular weight is 320 g/mol. The Bertz CT molecular complexity index is 541. The van der Waals surface area contributed by atoms with Crippen molar-refractivity contribution in [2.45, 2.75) is 36.2 Å². The lowest BCUT2D eigenvalue weighted by Crippen LogP contribution is -2.23. The van der Waals surface area contributed by atoms with Gasteiger partial charge in [-0.1, -0.05) is 30.2 Å². The lowest BCUT2D eigenvalue weighted by atomic mass is 10.2. The third-order valence-electron chi connectivity index (χ3n) is 3.14. The maximum Gasteiger partial charge on any atom is 0.296 e. The predicted octanol–water partition coefficient (Wildman–Crippen LogP) is 2.93. The van der Waals surface area contributed by atoms with Gasteiger partial charge in [0, 0.05) is 6.61 Å². The molecule has 7 heteroatoms. The molecule has 4 nitrogen and oxygen atoms in total. The molecule has 0 aliphatic carbocycles. The van der Waals surface area contributed by atoms with Gasteiger partial charge >= 0.3 is 0 Å². The SMILES string of the molecule is O=S(=O)(O)c1c(Cl)cccc1CC[Si]1CCCCO1. The molecule has 0 amide bonds. The second-order valence-corrected chi connectivity index (χ2v) is 8.68. The Labute approximate surface area is 120 Å². The van der Waals surface area contributed by atoms with Gasteiger partial charge in [-0.3, -0.25) is 4.55 Å². The molecule has 0 bridgehead atoms. The van der Waals surface area contributed by atoms with Gasteiger partial charge in [-0.05, 0) is 36.6 Å². The topological polar surface area (TPSA) is 63.6 Å². The van der Waals surface area contributed by atoms with E-state index in [1.807, 2.05) is 0 Å². The summed E-state index contributed by atoms with van der Waals surface area (Å²) in [5.41, 5.74) is 0.571. The molecule has 1 N–H and O–H groups in total. The highest BCUT2D eigenvalue weighted by atomic mass is 35.5. The van der Waals surface area contributed by atoms with Crippen molar-refractivity contribution in [2.75, 3.05) is 6.61 Å². The van der Waals surface area contributed by atoms with Crippen molar-refractivity contribution in [2.24, 2.45) is 0 Å². The van der Waals surface area contributed by atoms with Crippen LogP contribution in [0.3, 0.4) is 0 Å². The van der Waals surface area contributed by atoms with Gasteiger partial charge in [0.1, 0.15) is 4.90 Å². The molecular formula is C12H16ClO4SSi. The molecule has 2 rings (SSSR count). The molecule has 1 aliphatic heterocycles. The van der Waals surface area contributed by atoms with Gasteiger partial charge in [0.15, 0.2) is 0 Å². The Morgan fingerprint density at radius 1 is 1.37 bits per heavy atom. The zero-order valence-corrected chi connectivity index (χ0v) is 13.0. The lowest BCUT2D eigenvalue weighted by Gasteiger charge is -2.20. The zero-order chi connectivity index (χ0) is 13.9. The van der Waals surface area contributed by atoms with Gasteiger partial charge < -0.3 is 4.43 Å². The highest BCUT2D eigenvalue weighted by Gasteiger charge is 2.22. The highest BCUT2D eigenvalue weighted by Crippen LogP contribution is 2.27. The molecule has 1 fully saturated rings. The van der Waals surface area contributed by atoms with E-state index in [1.165, 1.54) is 12.5 Å². The van der Waals surface area contributed by atoms with Crippen LogP contribution in [0.1, 0.15) is 18.4 Å². The monoisotopic (exact) mass is 319 g/mol. The molecule has 19 heavy (non-hydrogen) atoms. The van der Waals surface area contributed by atoms with Crippen LogP contribution in [0.15, 0.2) is 23.1 Å². The summed E-state index contributed by atoms with van der Waals surface area (Å²) in [5.74, 6) is 0. The van der Waals surface area contributed by atoms with Crippen molar-refractivity contribution in [1.82, 2.24) is 0 Å². The third-order valence-corrected chi connectivity index (χ3v) is 6.89. The first-order valence-electron chi connectivity index (χ1n) is 6.21. The summed E-state index contributed by atoms with van der Waals surface area (Å²) in [6, 6.07) is 6.81. The predicted molar refractivity (Wildman–Crippen MR) is 75.5 cm³/mol. The summed E-state index contributed by atoms with van der Waals surface area (Å²) < 4.78 is 37.7. The molecule has 1 aliphatic rings. The molecule has 0 unspecified atom stereocenters. The van der Waals surface area contributed by atoms with Crippen LogP contribution in [0.2, 0.25) is 17.1 Å². The summed E-state index contributed by atoms with van der Waals surface area (Å²) in [7, 11) is -5.12. The van der Waals surface area contributed by atoms with Crippen LogP contribution in [0.25, 0.3) is 0 Å². The molecule has 1 aromatic rings. The highest BCUT2D eigenvalue weighted by molar-refractivity contribution is 7.86. The van der Waals surface area contributed by atoms with Gasteiger partial charge in [0.05, 0.1) is 5.02 Å². The van der Waals surface area contributed by atoms with Gasteiger partial charge in [0.25, 0.3) is 10.1 Å². The smallest absolute Gasteiger partial charge is 0.296 e. The van der Waals surface area contributed by atoms with Gasteiger partial charge in [-0.25, -0.2) is 0 Å². The van der Waals surface area contributed by atoms with Crippen LogP contribution >= 0.6 is 11.6 Å². The van der Waals surface area contributed by atoms with Gasteiger partial charge in [0.2, 0.25) is 9.04 Å². The number of rotatable bonds is 4. The van der Waals surface area contributed by atoms with Crippen molar-refractivity contribution in [3.05, 3.63) is 28.8 Å². The Balaban J connectivity index is 2.14. The third kappa shape index (κ3) is 4.03. The molecule has 0 spiro atoms. The quantitative estimate of drug-likeness (QED) is 0.684. The van der Waals surface area contributed by atoms with Gasteiger partial charge in [-0.2, -0.15) is 8.42 Å². The van der Waals surface area contributed by atoms with Crippen LogP contribution in [0, 0.1) is 0 Å². The van der Waals surface area contributed by atoms with E-state index in [1.54, 1.807) is 12.1 Å². The van der Waals surface area contributed by atoms with E-state index >= 15 is 0 Å². The van der Waals surface area contributed by atoms with E-state index in [0.29, 0.717) is 12.0 Å². The minimum absolute atomic E-state index is 0.0711. The van der Waals surface area contributed by atoms with Crippen LogP contribution < -0.4 is 0 Å². The Hall–Kier alpha value is -0.403. The van der Waals surface area contributed by atoms with E-state index in [4.69, 9.17) is 16.0 Å². The van der Waals surface area contributed by atoms with Crippen LogP contribution in [0.4, 0.5) is 0 Å². The summed E-state index contributed by atoms with van der Waals surface area (Å²) >= 11 is 5.87. The molecule has 1 radical (unpaired) electrons. The van der Waals surface area contributed by atoms with Crippen LogP contribution in [0.5, 0.6) is 0 Å². The van der Waals surface area contributed by atoms with E-state index in [-0.39, 0.29) is 9.92 Å². The van der Waals surface area contributed by atoms with E-state index < -0.39 is 19.2 Å². The fourth-order valence-corrected chi connectivity index (χ4v) is 5.69. The van der Waals surface area contributed by atoms with Crippen molar-refractivity contribution in [1.29, 1.82) is 0 Å². The second kappa shape index (κ2) is 6.36. The number of benzene rings is 1. The molecular weight excluding hydrogens is 304 g/mol. The van der Waals surface area contributed by atoms with E-state index in [0.717, 1.165) is 25.1 Å². The molecule has 1 aromatic carbocycles. The summed E-state index contributed by atoms with van der Waals surface area (Å²) in [5, 5.41) is 0.0711. The minimum atomic E-state index is -4.28. The summed E-state index contributed by atoms with van der Waals surface area (Å²) in [6.45, 7) is 0.814. The van der Waals surface area contributed by atoms with Crippen LogP contribution in [-0.4, -0.2) is 28.6 Å². The first-order chi connectivity index (χ1) is 8.98. The van der Waals surface area contributed by atoms with Crippen molar-refractivity contribution < 1.29 is 17.4 Å². The second-order valence-electron chi connectivity index (χ2n) is 4.55. The van der Waals surface area contributed by atoms with E-state index in [9.17, 15) is 13.0 Å². The normalized spacial score (nSPS) is 17.6. The average Bonchev–Trinajstić information content (AvgIpc) is 2.36. The van der Waals surface area contributed by atoms with E-state index in [2.05, 4.69) is 0 Å². The summed E-state index contributed by atoms with van der Waals surface area (Å²) in [6.07, 6.45) is 2.88. The Morgan fingerprint density at radius 3 is 2.79 bits per heavy atom. The Kier molecular flexibility index (Phi) is 5.02. The number of halogens is 1. The maximum atomic E-state index is 11.4.